The second kappa shape index (κ2) is 5.28. The Bertz CT molecular complexity index is 641. The largest absolute Gasteiger partial charge is 0.495 e. The van der Waals surface area contributed by atoms with Crippen molar-refractivity contribution in [1.29, 1.82) is 0 Å². The molecule has 2 aromatic rings. The number of halogens is 1. The summed E-state index contributed by atoms with van der Waals surface area (Å²) in [6.07, 6.45) is 1.34. The molecule has 1 N–H and O–H groups in total. The van der Waals surface area contributed by atoms with Crippen LogP contribution < -0.4 is 4.74 Å². The molecule has 0 unspecified atom stereocenters. The maximum absolute atomic E-state index is 10.9. The lowest BCUT2D eigenvalue weighted by Gasteiger charge is -2.08. The third-order valence-electron chi connectivity index (χ3n) is 2.75. The highest BCUT2D eigenvalue weighted by molar-refractivity contribution is 6.32. The van der Waals surface area contributed by atoms with E-state index in [4.69, 9.17) is 21.4 Å². The smallest absolute Gasteiger partial charge is 0.337 e. The molecular weight excluding hydrogens is 266 g/mol. The Morgan fingerprint density at radius 1 is 1.37 bits per heavy atom. The number of ether oxygens (including phenoxy) is 1. The quantitative estimate of drug-likeness (QED) is 0.934. The summed E-state index contributed by atoms with van der Waals surface area (Å²) in [6.45, 7) is 1.81. The van der Waals surface area contributed by atoms with Gasteiger partial charge in [0.25, 0.3) is 0 Å². The molecule has 0 aliphatic carbocycles. The van der Waals surface area contributed by atoms with E-state index in [0.717, 1.165) is 11.1 Å². The maximum Gasteiger partial charge on any atom is 0.337 e. The number of hydrogen-bond acceptors (Lipinski definition) is 3. The fraction of sp³-hybridized carbons (Fsp3) is 0.143. The Hall–Kier alpha value is -2.07. The maximum atomic E-state index is 10.9. The van der Waals surface area contributed by atoms with Crippen LogP contribution >= 0.6 is 11.6 Å². The number of carbonyl (C=O) groups is 1. The van der Waals surface area contributed by atoms with Crippen molar-refractivity contribution in [3.63, 3.8) is 0 Å². The third-order valence-corrected chi connectivity index (χ3v) is 3.05. The average Bonchev–Trinajstić information content (AvgIpc) is 2.38. The summed E-state index contributed by atoms with van der Waals surface area (Å²) in [5.74, 6) is -0.403. The van der Waals surface area contributed by atoms with Crippen LogP contribution in [0.1, 0.15) is 15.9 Å². The predicted octanol–water partition coefficient (Wildman–Crippen LogP) is 3.42. The molecule has 4 nitrogen and oxygen atoms in total. The van der Waals surface area contributed by atoms with Gasteiger partial charge in [0.1, 0.15) is 5.75 Å². The van der Waals surface area contributed by atoms with Crippen LogP contribution in [0, 0.1) is 6.92 Å². The summed E-state index contributed by atoms with van der Waals surface area (Å²) in [4.78, 5) is 15.0. The molecular formula is C14H12ClNO3. The highest BCUT2D eigenvalue weighted by Gasteiger charge is 2.10. The lowest BCUT2D eigenvalue weighted by Crippen LogP contribution is -1.99. The first-order valence-electron chi connectivity index (χ1n) is 5.56. The minimum absolute atomic E-state index is 0.167. The van der Waals surface area contributed by atoms with Crippen LogP contribution in [0.15, 0.2) is 30.5 Å². The summed E-state index contributed by atoms with van der Waals surface area (Å²) in [5.41, 5.74) is 2.47. The number of hydrogen-bond donors (Lipinski definition) is 1. The number of aromatic nitrogens is 1. The van der Waals surface area contributed by atoms with Gasteiger partial charge >= 0.3 is 5.97 Å². The summed E-state index contributed by atoms with van der Waals surface area (Å²) >= 11 is 6.07. The van der Waals surface area contributed by atoms with Crippen LogP contribution in [-0.2, 0) is 0 Å². The third kappa shape index (κ3) is 2.69. The summed E-state index contributed by atoms with van der Waals surface area (Å²) < 4.78 is 5.09. The van der Waals surface area contributed by atoms with E-state index in [2.05, 4.69) is 4.98 Å². The van der Waals surface area contributed by atoms with Crippen molar-refractivity contribution in [2.75, 3.05) is 7.11 Å². The van der Waals surface area contributed by atoms with Gasteiger partial charge in [-0.3, -0.25) is 4.98 Å². The Balaban J connectivity index is 2.47. The molecule has 0 saturated heterocycles. The van der Waals surface area contributed by atoms with Gasteiger partial charge in [-0.05, 0) is 36.8 Å². The standard InChI is InChI=1S/C14H12ClNO3/c1-8-5-10(14(17)18)7-16-13(8)9-3-4-12(19-2)11(15)6-9/h3-7H,1-2H3,(H,17,18). The molecule has 0 spiro atoms. The molecule has 19 heavy (non-hydrogen) atoms. The normalized spacial score (nSPS) is 10.3. The zero-order valence-corrected chi connectivity index (χ0v) is 11.2. The van der Waals surface area contributed by atoms with E-state index in [1.54, 1.807) is 25.3 Å². The molecule has 0 aliphatic rings. The van der Waals surface area contributed by atoms with Gasteiger partial charge in [0.2, 0.25) is 0 Å². The van der Waals surface area contributed by atoms with Crippen LogP contribution in [0.25, 0.3) is 11.3 Å². The van der Waals surface area contributed by atoms with E-state index in [1.165, 1.54) is 6.20 Å². The molecule has 1 aromatic heterocycles. The first-order valence-corrected chi connectivity index (χ1v) is 5.94. The lowest BCUT2D eigenvalue weighted by molar-refractivity contribution is 0.0696. The highest BCUT2D eigenvalue weighted by Crippen LogP contribution is 2.30. The Morgan fingerprint density at radius 2 is 2.11 bits per heavy atom. The number of rotatable bonds is 3. The Labute approximate surface area is 115 Å². The molecule has 0 amide bonds. The molecule has 5 heteroatoms. The van der Waals surface area contributed by atoms with Crippen molar-refractivity contribution in [2.24, 2.45) is 0 Å². The van der Waals surface area contributed by atoms with Crippen LogP contribution in [0.5, 0.6) is 5.75 Å². The van der Waals surface area contributed by atoms with Gasteiger partial charge in [-0.15, -0.1) is 0 Å². The monoisotopic (exact) mass is 277 g/mol. The Morgan fingerprint density at radius 3 is 2.63 bits per heavy atom. The van der Waals surface area contributed by atoms with Gasteiger partial charge in [-0.1, -0.05) is 11.6 Å². The van der Waals surface area contributed by atoms with Crippen molar-refractivity contribution < 1.29 is 14.6 Å². The van der Waals surface area contributed by atoms with Crippen molar-refractivity contribution in [2.45, 2.75) is 6.92 Å². The molecule has 0 radical (unpaired) electrons. The molecule has 0 aliphatic heterocycles. The van der Waals surface area contributed by atoms with Crippen molar-refractivity contribution in [1.82, 2.24) is 4.98 Å². The Kier molecular flexibility index (Phi) is 3.71. The van der Waals surface area contributed by atoms with Crippen LogP contribution in [0.2, 0.25) is 5.02 Å². The number of pyridine rings is 1. The minimum Gasteiger partial charge on any atom is -0.495 e. The molecule has 0 atom stereocenters. The first kappa shape index (κ1) is 13.4. The van der Waals surface area contributed by atoms with Gasteiger partial charge < -0.3 is 9.84 Å². The van der Waals surface area contributed by atoms with E-state index in [9.17, 15) is 4.79 Å². The predicted molar refractivity (Wildman–Crippen MR) is 72.9 cm³/mol. The average molecular weight is 278 g/mol. The zero-order valence-electron chi connectivity index (χ0n) is 10.5. The number of carboxylic acid groups (broad SMARTS) is 1. The molecule has 1 heterocycles. The molecule has 2 rings (SSSR count). The van der Waals surface area contributed by atoms with Crippen molar-refractivity contribution in [3.05, 3.63) is 46.6 Å². The lowest BCUT2D eigenvalue weighted by atomic mass is 10.1. The summed E-state index contributed by atoms with van der Waals surface area (Å²) in [5, 5.41) is 9.39. The summed E-state index contributed by atoms with van der Waals surface area (Å²) in [7, 11) is 1.55. The topological polar surface area (TPSA) is 59.4 Å². The second-order valence-electron chi connectivity index (χ2n) is 4.04. The van der Waals surface area contributed by atoms with Gasteiger partial charge in [-0.25, -0.2) is 4.79 Å². The van der Waals surface area contributed by atoms with E-state index in [1.807, 2.05) is 13.0 Å². The van der Waals surface area contributed by atoms with Gasteiger partial charge in [-0.2, -0.15) is 0 Å². The van der Waals surface area contributed by atoms with E-state index in [-0.39, 0.29) is 5.56 Å². The zero-order chi connectivity index (χ0) is 14.0. The molecule has 98 valence electrons. The SMILES string of the molecule is COc1ccc(-c2ncc(C(=O)O)cc2C)cc1Cl. The summed E-state index contributed by atoms with van der Waals surface area (Å²) in [6, 6.07) is 6.92. The number of methoxy groups -OCH3 is 1. The van der Waals surface area contributed by atoms with Gasteiger partial charge in [0.15, 0.2) is 0 Å². The number of carboxylic acids is 1. The van der Waals surface area contributed by atoms with Gasteiger partial charge in [0.05, 0.1) is 23.4 Å². The first-order chi connectivity index (χ1) is 9.02. The molecule has 0 bridgehead atoms. The second-order valence-corrected chi connectivity index (χ2v) is 4.45. The van der Waals surface area contributed by atoms with Crippen LogP contribution in [0.3, 0.4) is 0 Å². The number of aryl methyl sites for hydroxylation is 1. The van der Waals surface area contributed by atoms with Crippen LogP contribution in [0.4, 0.5) is 0 Å². The fourth-order valence-electron chi connectivity index (χ4n) is 1.81. The van der Waals surface area contributed by atoms with E-state index >= 15 is 0 Å². The minimum atomic E-state index is -0.991. The highest BCUT2D eigenvalue weighted by atomic mass is 35.5. The number of aromatic carboxylic acids is 1. The number of benzene rings is 1. The fourth-order valence-corrected chi connectivity index (χ4v) is 2.07. The molecule has 0 fully saturated rings. The van der Waals surface area contributed by atoms with E-state index < -0.39 is 5.97 Å². The van der Waals surface area contributed by atoms with E-state index in [0.29, 0.717) is 16.5 Å². The van der Waals surface area contributed by atoms with Crippen molar-refractivity contribution >= 4 is 17.6 Å². The number of nitrogens with zero attached hydrogens (tertiary/aromatic N) is 1. The molecule has 0 saturated carbocycles. The van der Waals surface area contributed by atoms with Crippen molar-refractivity contribution in [3.8, 4) is 17.0 Å². The van der Waals surface area contributed by atoms with Gasteiger partial charge in [0, 0.05) is 11.8 Å². The van der Waals surface area contributed by atoms with Crippen LogP contribution in [-0.4, -0.2) is 23.2 Å². The molecule has 1 aromatic carbocycles.